The highest BCUT2D eigenvalue weighted by Crippen LogP contribution is 2.27. The Bertz CT molecular complexity index is 988. The monoisotopic (exact) mass is 461 g/mol. The SMILES string of the molecule is Cc1ccccc1-c1cc(CBr)cc(C(=O)NCc2ccc(Cl)c(Cl)c2)c1. The molecule has 3 rings (SSSR count). The smallest absolute Gasteiger partial charge is 0.251 e. The Morgan fingerprint density at radius 3 is 2.44 bits per heavy atom. The Labute approximate surface area is 177 Å². The normalized spacial score (nSPS) is 10.7. The minimum atomic E-state index is -0.126. The number of halogens is 3. The molecule has 0 aromatic heterocycles. The van der Waals surface area contributed by atoms with Crippen LogP contribution in [-0.4, -0.2) is 5.91 Å². The second kappa shape index (κ2) is 8.92. The summed E-state index contributed by atoms with van der Waals surface area (Å²) in [6.45, 7) is 2.45. The molecule has 27 heavy (non-hydrogen) atoms. The highest BCUT2D eigenvalue weighted by Gasteiger charge is 2.11. The quantitative estimate of drug-likeness (QED) is 0.415. The molecule has 3 aromatic carbocycles. The summed E-state index contributed by atoms with van der Waals surface area (Å²) in [6, 6.07) is 19.4. The third-order valence-corrected chi connectivity index (χ3v) is 5.69. The van der Waals surface area contributed by atoms with E-state index in [4.69, 9.17) is 23.2 Å². The number of carbonyl (C=O) groups is 1. The number of carbonyl (C=O) groups excluding carboxylic acids is 1. The van der Waals surface area contributed by atoms with Crippen LogP contribution >= 0.6 is 39.1 Å². The first kappa shape index (κ1) is 19.9. The van der Waals surface area contributed by atoms with Crippen LogP contribution in [-0.2, 0) is 11.9 Å². The molecule has 0 bridgehead atoms. The third kappa shape index (κ3) is 4.92. The minimum Gasteiger partial charge on any atom is -0.348 e. The van der Waals surface area contributed by atoms with Gasteiger partial charge in [0.1, 0.15) is 0 Å². The van der Waals surface area contributed by atoms with Gasteiger partial charge in [0.15, 0.2) is 0 Å². The number of amides is 1. The van der Waals surface area contributed by atoms with E-state index in [1.54, 1.807) is 12.1 Å². The molecule has 2 nitrogen and oxygen atoms in total. The Hall–Kier alpha value is -1.81. The molecule has 0 aliphatic rings. The molecule has 138 valence electrons. The lowest BCUT2D eigenvalue weighted by molar-refractivity contribution is 0.0951. The summed E-state index contributed by atoms with van der Waals surface area (Å²) in [5.41, 5.74) is 5.91. The molecule has 0 saturated heterocycles. The van der Waals surface area contributed by atoms with Crippen LogP contribution in [0.15, 0.2) is 60.7 Å². The molecule has 0 fully saturated rings. The second-order valence-electron chi connectivity index (χ2n) is 6.30. The fourth-order valence-corrected chi connectivity index (χ4v) is 3.53. The Kier molecular flexibility index (Phi) is 6.59. The molecule has 0 spiro atoms. The van der Waals surface area contributed by atoms with Gasteiger partial charge in [-0.25, -0.2) is 0 Å². The molecule has 0 aliphatic carbocycles. The highest BCUT2D eigenvalue weighted by molar-refractivity contribution is 9.08. The zero-order chi connectivity index (χ0) is 19.4. The van der Waals surface area contributed by atoms with Gasteiger partial charge in [0.25, 0.3) is 5.91 Å². The van der Waals surface area contributed by atoms with Gasteiger partial charge in [-0.1, -0.05) is 75.5 Å². The minimum absolute atomic E-state index is 0.126. The summed E-state index contributed by atoms with van der Waals surface area (Å²) in [5.74, 6) is -0.126. The van der Waals surface area contributed by atoms with Gasteiger partial charge in [0.2, 0.25) is 0 Å². The predicted molar refractivity (Wildman–Crippen MR) is 117 cm³/mol. The van der Waals surface area contributed by atoms with Crippen LogP contribution in [0.2, 0.25) is 10.0 Å². The molecule has 0 saturated carbocycles. The van der Waals surface area contributed by atoms with Crippen molar-refractivity contribution in [2.75, 3.05) is 0 Å². The lowest BCUT2D eigenvalue weighted by atomic mass is 9.96. The predicted octanol–water partition coefficient (Wildman–Crippen LogP) is 6.79. The lowest BCUT2D eigenvalue weighted by Gasteiger charge is -2.12. The van der Waals surface area contributed by atoms with Crippen LogP contribution in [0, 0.1) is 6.92 Å². The van der Waals surface area contributed by atoms with Gasteiger partial charge in [-0.05, 0) is 59.0 Å². The van der Waals surface area contributed by atoms with E-state index in [1.165, 1.54) is 5.56 Å². The zero-order valence-corrected chi connectivity index (χ0v) is 17.8. The number of rotatable bonds is 5. The molecular weight excluding hydrogens is 445 g/mol. The maximum absolute atomic E-state index is 12.7. The van der Waals surface area contributed by atoms with E-state index in [-0.39, 0.29) is 5.91 Å². The number of hydrogen-bond donors (Lipinski definition) is 1. The summed E-state index contributed by atoms with van der Waals surface area (Å²) in [5, 5.41) is 4.61. The average molecular weight is 463 g/mol. The number of alkyl halides is 1. The van der Waals surface area contributed by atoms with E-state index in [9.17, 15) is 4.79 Å². The van der Waals surface area contributed by atoms with E-state index >= 15 is 0 Å². The van der Waals surface area contributed by atoms with Crippen LogP contribution in [0.5, 0.6) is 0 Å². The fourth-order valence-electron chi connectivity index (χ4n) is 2.89. The number of aryl methyl sites for hydroxylation is 1. The van der Waals surface area contributed by atoms with Gasteiger partial charge in [-0.3, -0.25) is 4.79 Å². The molecule has 0 unspecified atom stereocenters. The average Bonchev–Trinajstić information content (AvgIpc) is 2.68. The van der Waals surface area contributed by atoms with Crippen molar-refractivity contribution in [3.8, 4) is 11.1 Å². The van der Waals surface area contributed by atoms with Crippen molar-refractivity contribution in [3.63, 3.8) is 0 Å². The summed E-state index contributed by atoms with van der Waals surface area (Å²) in [6.07, 6.45) is 0. The molecule has 1 N–H and O–H groups in total. The first-order valence-electron chi connectivity index (χ1n) is 8.46. The Balaban J connectivity index is 1.84. The van der Waals surface area contributed by atoms with Gasteiger partial charge in [-0.15, -0.1) is 0 Å². The summed E-state index contributed by atoms with van der Waals surface area (Å²) in [7, 11) is 0. The van der Waals surface area contributed by atoms with E-state index in [1.807, 2.05) is 30.3 Å². The van der Waals surface area contributed by atoms with Crippen LogP contribution in [0.1, 0.15) is 27.0 Å². The lowest BCUT2D eigenvalue weighted by Crippen LogP contribution is -2.23. The van der Waals surface area contributed by atoms with Crippen LogP contribution < -0.4 is 5.32 Å². The molecule has 0 atom stereocenters. The van der Waals surface area contributed by atoms with E-state index < -0.39 is 0 Å². The number of benzene rings is 3. The summed E-state index contributed by atoms with van der Waals surface area (Å²) in [4.78, 5) is 12.7. The first-order chi connectivity index (χ1) is 13.0. The summed E-state index contributed by atoms with van der Waals surface area (Å²) >= 11 is 15.5. The molecular formula is C22H18BrCl2NO. The van der Waals surface area contributed by atoms with Gasteiger partial charge >= 0.3 is 0 Å². The van der Waals surface area contributed by atoms with Crippen molar-refractivity contribution in [2.45, 2.75) is 18.8 Å². The van der Waals surface area contributed by atoms with Gasteiger partial charge in [-0.2, -0.15) is 0 Å². The maximum Gasteiger partial charge on any atom is 0.251 e. The summed E-state index contributed by atoms with van der Waals surface area (Å²) < 4.78 is 0. The van der Waals surface area contributed by atoms with Crippen LogP contribution in [0.25, 0.3) is 11.1 Å². The van der Waals surface area contributed by atoms with Gasteiger partial charge in [0.05, 0.1) is 10.0 Å². The molecule has 3 aromatic rings. The van der Waals surface area contributed by atoms with Crippen molar-refractivity contribution in [2.24, 2.45) is 0 Å². The Morgan fingerprint density at radius 1 is 0.963 bits per heavy atom. The highest BCUT2D eigenvalue weighted by atomic mass is 79.9. The van der Waals surface area contributed by atoms with Crippen molar-refractivity contribution < 1.29 is 4.79 Å². The van der Waals surface area contributed by atoms with Crippen molar-refractivity contribution in [1.82, 2.24) is 5.32 Å². The molecule has 0 aliphatic heterocycles. The van der Waals surface area contributed by atoms with Crippen molar-refractivity contribution >= 4 is 45.0 Å². The van der Waals surface area contributed by atoms with E-state index in [0.29, 0.717) is 27.5 Å². The maximum atomic E-state index is 12.7. The zero-order valence-electron chi connectivity index (χ0n) is 14.7. The fraction of sp³-hybridized carbons (Fsp3) is 0.136. The molecule has 0 radical (unpaired) electrons. The number of hydrogen-bond acceptors (Lipinski definition) is 1. The topological polar surface area (TPSA) is 29.1 Å². The molecule has 5 heteroatoms. The van der Waals surface area contributed by atoms with Gasteiger partial charge < -0.3 is 5.32 Å². The first-order valence-corrected chi connectivity index (χ1v) is 10.3. The Morgan fingerprint density at radius 2 is 1.74 bits per heavy atom. The standard InChI is InChI=1S/C22H18BrCl2NO/c1-14-4-2-3-5-19(14)17-8-16(12-23)9-18(11-17)22(27)26-13-15-6-7-20(24)21(25)10-15/h2-11H,12-13H2,1H3,(H,26,27). The van der Waals surface area contributed by atoms with E-state index in [0.717, 1.165) is 22.3 Å². The van der Waals surface area contributed by atoms with E-state index in [2.05, 4.69) is 46.4 Å². The van der Waals surface area contributed by atoms with Crippen LogP contribution in [0.3, 0.4) is 0 Å². The largest absolute Gasteiger partial charge is 0.348 e. The van der Waals surface area contributed by atoms with Crippen molar-refractivity contribution in [3.05, 3.63) is 93.0 Å². The van der Waals surface area contributed by atoms with Crippen LogP contribution in [0.4, 0.5) is 0 Å². The second-order valence-corrected chi connectivity index (χ2v) is 7.67. The molecule has 1 amide bonds. The van der Waals surface area contributed by atoms with Gasteiger partial charge in [0, 0.05) is 17.4 Å². The molecule has 0 heterocycles. The third-order valence-electron chi connectivity index (χ3n) is 4.30. The van der Waals surface area contributed by atoms with Crippen molar-refractivity contribution in [1.29, 1.82) is 0 Å². The number of nitrogens with one attached hydrogen (secondary N) is 1.